The van der Waals surface area contributed by atoms with Gasteiger partial charge in [0.1, 0.15) is 0 Å². The minimum atomic E-state index is -3.11. The third-order valence-corrected chi connectivity index (χ3v) is 2.34. The van der Waals surface area contributed by atoms with Crippen molar-refractivity contribution in [2.45, 2.75) is 64.7 Å². The highest BCUT2D eigenvalue weighted by Crippen LogP contribution is 2.09. The lowest BCUT2D eigenvalue weighted by Gasteiger charge is -2.00. The Balaban J connectivity index is 0. The largest absolute Gasteiger partial charge is 0.425 e. The summed E-state index contributed by atoms with van der Waals surface area (Å²) in [6.45, 7) is 2.21. The van der Waals surface area contributed by atoms with E-state index >= 15 is 0 Å². The number of carbonyl (C=O) groups excluding carboxylic acids is 1. The molecule has 0 fully saturated rings. The second kappa shape index (κ2) is 16.1. The van der Waals surface area contributed by atoms with Gasteiger partial charge in [0.05, 0.1) is 0 Å². The molecular weight excluding hydrogens is 260 g/mol. The summed E-state index contributed by atoms with van der Waals surface area (Å²) in [4.78, 5) is 14.1. The van der Waals surface area contributed by atoms with Crippen LogP contribution in [0.4, 0.5) is 0 Å². The zero-order chi connectivity index (χ0) is 14.2. The highest BCUT2D eigenvalue weighted by Gasteiger charge is 2.00. The molecule has 1 N–H and O–H groups in total. The smallest absolute Gasteiger partial charge is 0.301 e. The van der Waals surface area contributed by atoms with E-state index in [1.54, 1.807) is 0 Å². The Kier molecular flexibility index (Phi) is 17.3. The van der Waals surface area contributed by atoms with Crippen molar-refractivity contribution >= 4 is 16.6 Å². The molecule has 18 heavy (non-hydrogen) atoms. The van der Waals surface area contributed by atoms with Gasteiger partial charge in [0.2, 0.25) is 0 Å². The van der Waals surface area contributed by atoms with Crippen molar-refractivity contribution in [1.82, 2.24) is 0 Å². The Labute approximate surface area is 109 Å². The van der Waals surface area contributed by atoms with Crippen LogP contribution in [0.3, 0.4) is 0 Å². The van der Waals surface area contributed by atoms with Gasteiger partial charge in [-0.15, -0.1) is 12.6 Å². The zero-order valence-electron chi connectivity index (χ0n) is 10.8. The second-order valence-corrected chi connectivity index (χ2v) is 4.30. The molecule has 0 rings (SSSR count). The summed E-state index contributed by atoms with van der Waals surface area (Å²) in [5.74, 6) is -0.518. The van der Waals surface area contributed by atoms with Crippen LogP contribution in [0.2, 0.25) is 0 Å². The van der Waals surface area contributed by atoms with Gasteiger partial charge in [0, 0.05) is 6.42 Å². The molecule has 0 spiro atoms. The van der Waals surface area contributed by atoms with Crippen molar-refractivity contribution < 1.29 is 27.6 Å². The van der Waals surface area contributed by atoms with Crippen molar-refractivity contribution in [3.63, 3.8) is 0 Å². The molecule has 0 aliphatic heterocycles. The third kappa shape index (κ3) is 24.3. The van der Waals surface area contributed by atoms with Gasteiger partial charge < -0.3 is 4.89 Å². The van der Waals surface area contributed by atoms with E-state index in [9.17, 15) is 4.79 Å². The molecule has 6 nitrogen and oxygen atoms in total. The lowest BCUT2D eigenvalue weighted by molar-refractivity contribution is -0.234. The summed E-state index contributed by atoms with van der Waals surface area (Å²) in [5.41, 5.74) is 0. The molecular formula is C11H22O6S. The Morgan fingerprint density at radius 2 is 1.33 bits per heavy atom. The van der Waals surface area contributed by atoms with Crippen LogP contribution in [0.5, 0.6) is 0 Å². The second-order valence-electron chi connectivity index (χ2n) is 3.89. The molecule has 0 amide bonds. The van der Waals surface area contributed by atoms with E-state index < -0.39 is 16.6 Å². The molecule has 0 heterocycles. The fourth-order valence-electron chi connectivity index (χ4n) is 1.45. The molecule has 0 radical (unpaired) electrons. The summed E-state index contributed by atoms with van der Waals surface area (Å²) in [7, 11) is -3.11. The van der Waals surface area contributed by atoms with E-state index in [2.05, 4.69) is 11.8 Å². The van der Waals surface area contributed by atoms with Crippen LogP contribution in [0.25, 0.3) is 0 Å². The molecule has 0 aromatic heterocycles. The fourth-order valence-corrected chi connectivity index (χ4v) is 1.45. The lowest BCUT2D eigenvalue weighted by atomic mass is 10.1. The molecule has 0 aromatic rings. The maximum absolute atomic E-state index is 10.5. The van der Waals surface area contributed by atoms with Crippen molar-refractivity contribution in [3.8, 4) is 0 Å². The van der Waals surface area contributed by atoms with Crippen LogP contribution in [-0.4, -0.2) is 23.9 Å². The normalized spacial score (nSPS) is 9.22. The topological polar surface area (TPSA) is 97.7 Å². The number of rotatable bonds is 9. The summed E-state index contributed by atoms with van der Waals surface area (Å²) >= 11 is 0. The molecule has 0 saturated carbocycles. The molecule has 0 bridgehead atoms. The van der Waals surface area contributed by atoms with Crippen LogP contribution < -0.4 is 0 Å². The summed E-state index contributed by atoms with van der Waals surface area (Å²) in [5, 5.41) is 7.99. The molecule has 0 saturated heterocycles. The average molecular weight is 282 g/mol. The van der Waals surface area contributed by atoms with Crippen LogP contribution in [0.15, 0.2) is 0 Å². The van der Waals surface area contributed by atoms with E-state index in [-0.39, 0.29) is 0 Å². The minimum absolute atomic E-state index is 0.339. The summed E-state index contributed by atoms with van der Waals surface area (Å²) in [6.07, 6.45) is 9.91. The van der Waals surface area contributed by atoms with E-state index in [0.717, 1.165) is 12.8 Å². The molecule has 108 valence electrons. The number of carbonyl (C=O) groups is 1. The first kappa shape index (κ1) is 19.4. The standard InChI is InChI=1S/C11H22O3.O3S/c1-2-3-4-5-6-7-8-9-10-11(12)14-13;1-4(2)3/h13H,2-10H2,1H3;. The number of hydrogen-bond acceptors (Lipinski definition) is 6. The maximum Gasteiger partial charge on any atom is 0.425 e. The van der Waals surface area contributed by atoms with Gasteiger partial charge in [-0.05, 0) is 6.42 Å². The molecule has 0 unspecified atom stereocenters. The first-order chi connectivity index (χ1) is 8.54. The Morgan fingerprint density at radius 1 is 0.944 bits per heavy atom. The summed E-state index contributed by atoms with van der Waals surface area (Å²) in [6, 6.07) is 0. The molecule has 0 aromatic carbocycles. The van der Waals surface area contributed by atoms with Gasteiger partial charge in [0.15, 0.2) is 0 Å². The highest BCUT2D eigenvalue weighted by atomic mass is 32.2. The third-order valence-electron chi connectivity index (χ3n) is 2.34. The molecule has 0 aliphatic carbocycles. The quantitative estimate of drug-likeness (QED) is 0.396. The summed E-state index contributed by atoms with van der Waals surface area (Å²) < 4.78 is 25.3. The maximum atomic E-state index is 10.5. The molecule has 0 atom stereocenters. The van der Waals surface area contributed by atoms with Crippen molar-refractivity contribution in [3.05, 3.63) is 0 Å². The first-order valence-electron chi connectivity index (χ1n) is 6.15. The van der Waals surface area contributed by atoms with Gasteiger partial charge in [-0.1, -0.05) is 51.9 Å². The first-order valence-corrected chi connectivity index (χ1v) is 7.15. The number of hydrogen-bond donors (Lipinski definition) is 1. The number of unbranched alkanes of at least 4 members (excludes halogenated alkanes) is 7. The van der Waals surface area contributed by atoms with E-state index in [0.29, 0.717) is 6.42 Å². The predicted octanol–water partition coefficient (Wildman–Crippen LogP) is 2.53. The zero-order valence-corrected chi connectivity index (χ0v) is 11.6. The highest BCUT2D eigenvalue weighted by molar-refractivity contribution is 7.59. The van der Waals surface area contributed by atoms with Crippen molar-refractivity contribution in [1.29, 1.82) is 0 Å². The van der Waals surface area contributed by atoms with Crippen LogP contribution in [0.1, 0.15) is 64.7 Å². The van der Waals surface area contributed by atoms with E-state index in [1.807, 2.05) is 0 Å². The molecule has 7 heteroatoms. The van der Waals surface area contributed by atoms with Gasteiger partial charge in [-0.3, -0.25) is 0 Å². The average Bonchev–Trinajstić information content (AvgIpc) is 2.31. The fraction of sp³-hybridized carbons (Fsp3) is 0.909. The SMILES string of the molecule is CCCCCCCCCCC(=O)OO.O=S(=O)=O. The van der Waals surface area contributed by atoms with Gasteiger partial charge in [-0.2, -0.15) is 5.26 Å². The van der Waals surface area contributed by atoms with Gasteiger partial charge >= 0.3 is 16.6 Å². The van der Waals surface area contributed by atoms with Crippen molar-refractivity contribution in [2.24, 2.45) is 0 Å². The Bertz CT molecular complexity index is 277. The molecule has 0 aliphatic rings. The van der Waals surface area contributed by atoms with Crippen LogP contribution >= 0.6 is 0 Å². The van der Waals surface area contributed by atoms with Crippen molar-refractivity contribution in [2.75, 3.05) is 0 Å². The Morgan fingerprint density at radius 3 is 1.72 bits per heavy atom. The van der Waals surface area contributed by atoms with Gasteiger partial charge in [-0.25, -0.2) is 4.79 Å². The lowest BCUT2D eigenvalue weighted by Crippen LogP contribution is -1.99. The van der Waals surface area contributed by atoms with Crippen LogP contribution in [0, 0.1) is 0 Å². The Hall–Kier alpha value is -0.950. The monoisotopic (exact) mass is 282 g/mol. The van der Waals surface area contributed by atoms with Crippen LogP contribution in [-0.2, 0) is 20.3 Å². The minimum Gasteiger partial charge on any atom is -0.301 e. The van der Waals surface area contributed by atoms with E-state index in [4.69, 9.17) is 17.9 Å². The van der Waals surface area contributed by atoms with E-state index in [1.165, 1.54) is 38.5 Å². The van der Waals surface area contributed by atoms with Gasteiger partial charge in [0.25, 0.3) is 0 Å². The predicted molar refractivity (Wildman–Crippen MR) is 65.6 cm³/mol.